The van der Waals surface area contributed by atoms with E-state index < -0.39 is 0 Å². The lowest BCUT2D eigenvalue weighted by atomic mass is 10.0. The van der Waals surface area contributed by atoms with E-state index in [1.54, 1.807) is 12.1 Å². The molecule has 92 valence electrons. The molecule has 0 aliphatic carbocycles. The predicted octanol–water partition coefficient (Wildman–Crippen LogP) is 3.27. The Morgan fingerprint density at radius 1 is 1.53 bits per heavy atom. The van der Waals surface area contributed by atoms with Crippen molar-refractivity contribution in [2.24, 2.45) is 0 Å². The topological polar surface area (TPSA) is 26.3 Å². The van der Waals surface area contributed by atoms with Gasteiger partial charge in [0.25, 0.3) is 0 Å². The summed E-state index contributed by atoms with van der Waals surface area (Å²) in [6.45, 7) is 1.95. The molecule has 1 aliphatic rings. The number of hydrogen-bond acceptors (Lipinski definition) is 2. The zero-order valence-electron chi connectivity index (χ0n) is 9.58. The summed E-state index contributed by atoms with van der Waals surface area (Å²) in [6, 6.07) is 4.63. The molecule has 0 saturated carbocycles. The fourth-order valence-electron chi connectivity index (χ4n) is 2.02. The number of Topliss-reactive ketones (excluding diaryl/α,β-unsaturated/α-hetero) is 1. The standard InChI is InChI=1S/C13H14BrFO2/c1-8-2-5-13(17-8)12(16)7-9-6-10(14)3-4-11(9)15/h3-4,6,8,13H,2,5,7H2,1H3. The summed E-state index contributed by atoms with van der Waals surface area (Å²) in [5.74, 6) is -0.376. The SMILES string of the molecule is CC1CCC(C(=O)Cc2cc(Br)ccc2F)O1. The van der Waals surface area contributed by atoms with E-state index in [4.69, 9.17) is 4.74 Å². The minimum Gasteiger partial charge on any atom is -0.367 e. The zero-order chi connectivity index (χ0) is 12.4. The molecular formula is C13H14BrFO2. The Kier molecular flexibility index (Phi) is 3.94. The lowest BCUT2D eigenvalue weighted by molar-refractivity contribution is -0.128. The van der Waals surface area contributed by atoms with Gasteiger partial charge in [0.15, 0.2) is 5.78 Å². The van der Waals surface area contributed by atoms with Crippen LogP contribution in [0.25, 0.3) is 0 Å². The Hall–Kier alpha value is -0.740. The molecule has 1 aliphatic heterocycles. The van der Waals surface area contributed by atoms with Crippen LogP contribution in [-0.4, -0.2) is 18.0 Å². The second-order valence-electron chi connectivity index (χ2n) is 4.39. The maximum Gasteiger partial charge on any atom is 0.166 e. The molecule has 1 fully saturated rings. The highest BCUT2D eigenvalue weighted by atomic mass is 79.9. The monoisotopic (exact) mass is 300 g/mol. The number of carbonyl (C=O) groups is 1. The average molecular weight is 301 g/mol. The summed E-state index contributed by atoms with van der Waals surface area (Å²) in [5, 5.41) is 0. The van der Waals surface area contributed by atoms with Crippen molar-refractivity contribution in [1.82, 2.24) is 0 Å². The van der Waals surface area contributed by atoms with Gasteiger partial charge in [-0.15, -0.1) is 0 Å². The fraction of sp³-hybridized carbons (Fsp3) is 0.462. The molecule has 0 spiro atoms. The summed E-state index contributed by atoms with van der Waals surface area (Å²) in [4.78, 5) is 11.9. The van der Waals surface area contributed by atoms with E-state index in [-0.39, 0.29) is 30.2 Å². The van der Waals surface area contributed by atoms with Gasteiger partial charge in [-0.25, -0.2) is 4.39 Å². The molecule has 1 aromatic rings. The molecule has 1 saturated heterocycles. The Bertz CT molecular complexity index is 433. The second-order valence-corrected chi connectivity index (χ2v) is 5.31. The largest absolute Gasteiger partial charge is 0.367 e. The highest BCUT2D eigenvalue weighted by Crippen LogP contribution is 2.22. The quantitative estimate of drug-likeness (QED) is 0.856. The first-order valence-corrected chi connectivity index (χ1v) is 6.47. The lowest BCUT2D eigenvalue weighted by Crippen LogP contribution is -2.23. The van der Waals surface area contributed by atoms with Crippen molar-refractivity contribution < 1.29 is 13.9 Å². The smallest absolute Gasteiger partial charge is 0.166 e. The van der Waals surface area contributed by atoms with Crippen LogP contribution in [-0.2, 0) is 16.0 Å². The Labute approximate surface area is 108 Å². The average Bonchev–Trinajstić information content (AvgIpc) is 2.70. The number of hydrogen-bond donors (Lipinski definition) is 0. The number of halogens is 2. The molecule has 0 amide bonds. The molecule has 4 heteroatoms. The van der Waals surface area contributed by atoms with Crippen LogP contribution in [0.15, 0.2) is 22.7 Å². The minimum atomic E-state index is -0.358. The van der Waals surface area contributed by atoms with Gasteiger partial charge in [0.2, 0.25) is 0 Å². The number of benzene rings is 1. The van der Waals surface area contributed by atoms with E-state index in [1.165, 1.54) is 6.07 Å². The van der Waals surface area contributed by atoms with Crippen LogP contribution in [0.4, 0.5) is 4.39 Å². The molecule has 0 radical (unpaired) electrons. The number of ketones is 1. The van der Waals surface area contributed by atoms with Crippen molar-refractivity contribution in [2.75, 3.05) is 0 Å². The minimum absolute atomic E-state index is 0.0358. The van der Waals surface area contributed by atoms with Crippen molar-refractivity contribution in [3.8, 4) is 0 Å². The van der Waals surface area contributed by atoms with Crippen molar-refractivity contribution >= 4 is 21.7 Å². The third kappa shape index (κ3) is 3.13. The molecule has 0 aromatic heterocycles. The summed E-state index contributed by atoms with van der Waals surface area (Å²) < 4.78 is 19.7. The van der Waals surface area contributed by atoms with E-state index >= 15 is 0 Å². The molecule has 0 bridgehead atoms. The molecule has 2 nitrogen and oxygen atoms in total. The number of ether oxygens (including phenoxy) is 1. The van der Waals surface area contributed by atoms with E-state index in [1.807, 2.05) is 6.92 Å². The third-order valence-corrected chi connectivity index (χ3v) is 3.46. The predicted molar refractivity (Wildman–Crippen MR) is 66.4 cm³/mol. The fourth-order valence-corrected chi connectivity index (χ4v) is 2.43. The van der Waals surface area contributed by atoms with Crippen molar-refractivity contribution in [3.05, 3.63) is 34.1 Å². The highest BCUT2D eigenvalue weighted by Gasteiger charge is 2.28. The molecule has 2 rings (SSSR count). The maximum absolute atomic E-state index is 13.5. The van der Waals surface area contributed by atoms with E-state index in [0.717, 1.165) is 17.3 Å². The zero-order valence-corrected chi connectivity index (χ0v) is 11.2. The molecule has 17 heavy (non-hydrogen) atoms. The Morgan fingerprint density at radius 3 is 2.94 bits per heavy atom. The van der Waals surface area contributed by atoms with Gasteiger partial charge in [0.1, 0.15) is 11.9 Å². The summed E-state index contributed by atoms with van der Waals surface area (Å²) in [5.41, 5.74) is 0.424. The molecule has 1 aromatic carbocycles. The van der Waals surface area contributed by atoms with Gasteiger partial charge in [0.05, 0.1) is 6.10 Å². The van der Waals surface area contributed by atoms with Crippen molar-refractivity contribution in [2.45, 2.75) is 38.4 Å². The maximum atomic E-state index is 13.5. The third-order valence-electron chi connectivity index (χ3n) is 2.96. The first kappa shape index (κ1) is 12.7. The van der Waals surface area contributed by atoms with Gasteiger partial charge >= 0.3 is 0 Å². The van der Waals surface area contributed by atoms with Gasteiger partial charge in [-0.1, -0.05) is 15.9 Å². The van der Waals surface area contributed by atoms with Crippen LogP contribution in [0.3, 0.4) is 0 Å². The second kappa shape index (κ2) is 5.27. The van der Waals surface area contributed by atoms with Crippen LogP contribution in [0.2, 0.25) is 0 Å². The van der Waals surface area contributed by atoms with Gasteiger partial charge in [-0.3, -0.25) is 4.79 Å². The van der Waals surface area contributed by atoms with Crippen molar-refractivity contribution in [3.63, 3.8) is 0 Å². The lowest BCUT2D eigenvalue weighted by Gasteiger charge is -2.10. The molecular weight excluding hydrogens is 287 g/mol. The van der Waals surface area contributed by atoms with Crippen molar-refractivity contribution in [1.29, 1.82) is 0 Å². The first-order chi connectivity index (χ1) is 8.06. The molecule has 2 unspecified atom stereocenters. The molecule has 2 atom stereocenters. The Morgan fingerprint density at radius 2 is 2.29 bits per heavy atom. The van der Waals surface area contributed by atoms with Gasteiger partial charge in [-0.2, -0.15) is 0 Å². The number of carbonyl (C=O) groups excluding carboxylic acids is 1. The summed E-state index contributed by atoms with van der Waals surface area (Å²) in [6.07, 6.45) is 1.52. The summed E-state index contributed by atoms with van der Waals surface area (Å²) in [7, 11) is 0. The van der Waals surface area contributed by atoms with Crippen LogP contribution < -0.4 is 0 Å². The van der Waals surface area contributed by atoms with Gasteiger partial charge in [0, 0.05) is 10.9 Å². The van der Waals surface area contributed by atoms with E-state index in [0.29, 0.717) is 5.56 Å². The number of rotatable bonds is 3. The normalized spacial score (nSPS) is 23.9. The van der Waals surface area contributed by atoms with Crippen LogP contribution in [0.5, 0.6) is 0 Å². The van der Waals surface area contributed by atoms with E-state index in [2.05, 4.69) is 15.9 Å². The van der Waals surface area contributed by atoms with Crippen LogP contribution >= 0.6 is 15.9 Å². The molecule has 1 heterocycles. The van der Waals surface area contributed by atoms with Gasteiger partial charge < -0.3 is 4.74 Å². The van der Waals surface area contributed by atoms with E-state index in [9.17, 15) is 9.18 Å². The first-order valence-electron chi connectivity index (χ1n) is 5.68. The highest BCUT2D eigenvalue weighted by molar-refractivity contribution is 9.10. The Balaban J connectivity index is 2.05. The van der Waals surface area contributed by atoms with Gasteiger partial charge in [-0.05, 0) is 43.5 Å². The van der Waals surface area contributed by atoms with Crippen LogP contribution in [0.1, 0.15) is 25.3 Å². The summed E-state index contributed by atoms with van der Waals surface area (Å²) >= 11 is 3.27. The van der Waals surface area contributed by atoms with Crippen LogP contribution in [0, 0.1) is 5.82 Å². The molecule has 0 N–H and O–H groups in total.